The first-order chi connectivity index (χ1) is 27.3. The average Bonchev–Trinajstić information content (AvgIpc) is 3.84. The number of para-hydroxylation sites is 4. The molecule has 8 heteroatoms. The maximum absolute atomic E-state index is 6.35. The second kappa shape index (κ2) is 12.0. The van der Waals surface area contributed by atoms with Crippen LogP contribution in [-0.4, -0.2) is 26.1 Å². The summed E-state index contributed by atoms with van der Waals surface area (Å²) in [6.45, 7) is 9.77. The highest BCUT2D eigenvalue weighted by molar-refractivity contribution is 7.03. The lowest BCUT2D eigenvalue weighted by Gasteiger charge is -2.49. The van der Waals surface area contributed by atoms with Gasteiger partial charge in [-0.05, 0) is 89.2 Å². The van der Waals surface area contributed by atoms with Gasteiger partial charge in [-0.2, -0.15) is 23.5 Å². The molecule has 0 radical (unpaired) electrons. The summed E-state index contributed by atoms with van der Waals surface area (Å²) < 4.78 is 12.7. The molecule has 0 unspecified atom stereocenters. The van der Waals surface area contributed by atoms with Crippen LogP contribution in [0.3, 0.4) is 0 Å². The van der Waals surface area contributed by atoms with Gasteiger partial charge in [-0.1, -0.05) is 94.0 Å². The fourth-order valence-corrected chi connectivity index (χ4v) is 15.0. The molecule has 0 aliphatic carbocycles. The summed E-state index contributed by atoms with van der Waals surface area (Å²) in [5.41, 5.74) is 11.9. The molecule has 6 nitrogen and oxygen atoms in total. The van der Waals surface area contributed by atoms with Crippen LogP contribution >= 0.6 is 0 Å². The number of rotatable bonds is 4. The summed E-state index contributed by atoms with van der Waals surface area (Å²) in [4.78, 5) is 14.6. The lowest BCUT2D eigenvalue weighted by atomic mass is 10.1. The van der Waals surface area contributed by atoms with Crippen LogP contribution in [0.15, 0.2) is 167 Å². The van der Waals surface area contributed by atoms with Crippen molar-refractivity contribution in [3.63, 3.8) is 0 Å². The Morgan fingerprint density at radius 2 is 0.857 bits per heavy atom. The van der Waals surface area contributed by atoms with Crippen molar-refractivity contribution < 1.29 is 8.83 Å². The first kappa shape index (κ1) is 32.9. The quantitative estimate of drug-likeness (QED) is 0.167. The minimum Gasteiger partial charge on any atom is -0.436 e. The molecular weight excluding hydrogens is 721 g/mol. The van der Waals surface area contributed by atoms with Gasteiger partial charge in [0.05, 0.1) is 0 Å². The number of oxazole rings is 2. The number of hydrogen-bond acceptors (Lipinski definition) is 6. The molecule has 7 aromatic carbocycles. The SMILES string of the molecule is C[Si]1(C)c2ccccc2N(c2ccc(-c3nc4cc5nc(-c6ccc(N7c8ccccc8[Si-](C)(C)c8ccccc87)cc6)oc5cc4o3)cc2)c2ccccc21. The van der Waals surface area contributed by atoms with E-state index in [2.05, 4.69) is 182 Å². The van der Waals surface area contributed by atoms with Crippen molar-refractivity contribution in [2.24, 2.45) is 0 Å². The van der Waals surface area contributed by atoms with E-state index in [-0.39, 0.29) is 0 Å². The zero-order valence-corrected chi connectivity index (χ0v) is 33.6. The molecule has 0 saturated heterocycles. The van der Waals surface area contributed by atoms with Crippen LogP contribution in [0.2, 0.25) is 26.2 Å². The van der Waals surface area contributed by atoms with Gasteiger partial charge in [0.1, 0.15) is 19.1 Å². The second-order valence-electron chi connectivity index (χ2n) is 15.9. The van der Waals surface area contributed by atoms with E-state index in [0.717, 1.165) is 33.5 Å². The zero-order valence-electron chi connectivity index (χ0n) is 31.6. The Labute approximate surface area is 327 Å². The van der Waals surface area contributed by atoms with Gasteiger partial charge in [0.15, 0.2) is 11.2 Å². The molecule has 0 atom stereocenters. The van der Waals surface area contributed by atoms with E-state index in [1.54, 1.807) is 0 Å². The molecule has 2 aliphatic rings. The first-order valence-electron chi connectivity index (χ1n) is 19.2. The Balaban J connectivity index is 0.889. The largest absolute Gasteiger partial charge is 0.436 e. The molecule has 9 aromatic rings. The summed E-state index contributed by atoms with van der Waals surface area (Å²) in [5, 5.41) is 5.78. The van der Waals surface area contributed by atoms with E-state index in [1.807, 2.05) is 12.1 Å². The molecule has 0 spiro atoms. The van der Waals surface area contributed by atoms with E-state index in [1.165, 1.54) is 43.5 Å². The van der Waals surface area contributed by atoms with Crippen LogP contribution in [-0.2, 0) is 0 Å². The summed E-state index contributed by atoms with van der Waals surface area (Å²) in [7, 11) is -3.68. The highest BCUT2D eigenvalue weighted by Crippen LogP contribution is 2.41. The molecule has 56 heavy (non-hydrogen) atoms. The summed E-state index contributed by atoms with van der Waals surface area (Å²) in [5.74, 6) is 1.13. The third kappa shape index (κ3) is 4.85. The predicted molar refractivity (Wildman–Crippen MR) is 235 cm³/mol. The third-order valence-electron chi connectivity index (χ3n) is 11.9. The molecule has 271 valence electrons. The fourth-order valence-electron chi connectivity index (χ4n) is 9.00. The molecule has 4 heterocycles. The number of anilines is 6. The van der Waals surface area contributed by atoms with Gasteiger partial charge in [-0.15, -0.1) is 0 Å². The normalized spacial score (nSPS) is 15.0. The number of benzene rings is 7. The van der Waals surface area contributed by atoms with Crippen molar-refractivity contribution >= 4 is 93.2 Å². The standard InChI is InChI=1S/C48H38N4O2Si2/c1-55(2)43-17-9-5-13-37(43)51(38-14-6-10-18-44(38)55)33-25-21-31(22-26-33)47-49-35-29-36-42(30-41(35)53-47)54-48(50-36)32-23-27-34(28-24-32)52-39-15-7-11-19-45(39)56(3,4)46-20-12-8-16-40(46)52/h5-30H,1-4H3/q-1. The van der Waals surface area contributed by atoms with Crippen molar-refractivity contribution in [1.82, 2.24) is 9.97 Å². The van der Waals surface area contributed by atoms with Gasteiger partial charge in [0.2, 0.25) is 11.8 Å². The molecule has 11 rings (SSSR count). The highest BCUT2D eigenvalue weighted by Gasteiger charge is 2.38. The zero-order chi connectivity index (χ0) is 37.8. The number of nitrogens with zero attached hydrogens (tertiary/aromatic N) is 4. The number of fused-ring (bicyclic) bond motifs is 6. The molecule has 0 saturated carbocycles. The predicted octanol–water partition coefficient (Wildman–Crippen LogP) is 10.5. The molecule has 0 fully saturated rings. The number of hydrogen-bond donors (Lipinski definition) is 0. The minimum absolute atomic E-state index is 0.565. The van der Waals surface area contributed by atoms with Gasteiger partial charge in [0.25, 0.3) is 0 Å². The van der Waals surface area contributed by atoms with Crippen LogP contribution in [0.1, 0.15) is 0 Å². The summed E-state index contributed by atoms with van der Waals surface area (Å²) >= 11 is 0. The van der Waals surface area contributed by atoms with Crippen LogP contribution in [0.4, 0.5) is 34.1 Å². The van der Waals surface area contributed by atoms with Gasteiger partial charge in [-0.3, -0.25) is 0 Å². The fraction of sp³-hybridized carbons (Fsp3) is 0.0833. The lowest BCUT2D eigenvalue weighted by Crippen LogP contribution is -2.58. The smallest absolute Gasteiger partial charge is 0.227 e. The van der Waals surface area contributed by atoms with Gasteiger partial charge >= 0.3 is 0 Å². The van der Waals surface area contributed by atoms with Crippen molar-refractivity contribution in [2.45, 2.75) is 26.2 Å². The maximum atomic E-state index is 6.35. The molecule has 0 N–H and O–H groups in total. The summed E-state index contributed by atoms with van der Waals surface area (Å²) in [6.07, 6.45) is 0. The van der Waals surface area contributed by atoms with Crippen molar-refractivity contribution in [1.29, 1.82) is 0 Å². The average molecular weight is 759 g/mol. The maximum Gasteiger partial charge on any atom is 0.227 e. The van der Waals surface area contributed by atoms with Crippen LogP contribution in [0.25, 0.3) is 45.1 Å². The van der Waals surface area contributed by atoms with E-state index in [9.17, 15) is 0 Å². The molecule has 0 bridgehead atoms. The minimum atomic E-state index is -1.84. The van der Waals surface area contributed by atoms with Crippen molar-refractivity contribution in [3.05, 3.63) is 158 Å². The Hall–Kier alpha value is -6.49. The topological polar surface area (TPSA) is 58.5 Å². The molecular formula is C48H38N4O2Si2-. The van der Waals surface area contributed by atoms with Crippen molar-refractivity contribution in [2.75, 3.05) is 9.80 Å². The van der Waals surface area contributed by atoms with Crippen LogP contribution in [0, 0.1) is 0 Å². The Kier molecular flexibility index (Phi) is 7.05. The highest BCUT2D eigenvalue weighted by atomic mass is 28.3. The van der Waals surface area contributed by atoms with Gasteiger partial charge in [-0.25, -0.2) is 9.97 Å². The van der Waals surface area contributed by atoms with Crippen LogP contribution < -0.4 is 30.5 Å². The van der Waals surface area contributed by atoms with E-state index >= 15 is 0 Å². The molecule has 2 aliphatic heterocycles. The van der Waals surface area contributed by atoms with Gasteiger partial charge < -0.3 is 18.6 Å². The Morgan fingerprint density at radius 1 is 0.464 bits per heavy atom. The van der Waals surface area contributed by atoms with Gasteiger partial charge in [0, 0.05) is 51.3 Å². The lowest BCUT2D eigenvalue weighted by molar-refractivity contribution is 0.609. The van der Waals surface area contributed by atoms with Crippen molar-refractivity contribution in [3.8, 4) is 22.9 Å². The number of aromatic nitrogens is 2. The Bertz CT molecular complexity index is 2650. The van der Waals surface area contributed by atoms with E-state index in [4.69, 9.17) is 18.8 Å². The monoisotopic (exact) mass is 758 g/mol. The third-order valence-corrected chi connectivity index (χ3v) is 19.0. The van der Waals surface area contributed by atoms with Crippen LogP contribution in [0.5, 0.6) is 0 Å². The second-order valence-corrected chi connectivity index (χ2v) is 24.6. The summed E-state index contributed by atoms with van der Waals surface area (Å²) in [6, 6.07) is 56.3. The molecule has 0 amide bonds. The van der Waals surface area contributed by atoms with E-state index < -0.39 is 16.1 Å². The molecule has 2 aromatic heterocycles. The van der Waals surface area contributed by atoms with E-state index in [0.29, 0.717) is 22.9 Å². The Morgan fingerprint density at radius 3 is 1.32 bits per heavy atom. The first-order valence-corrected chi connectivity index (χ1v) is 25.2.